The van der Waals surface area contributed by atoms with Crippen LogP contribution in [0.1, 0.15) is 51.4 Å². The average molecular weight is 442 g/mol. The minimum atomic E-state index is -0.182. The minimum absolute atomic E-state index is 0.0537. The van der Waals surface area contributed by atoms with Gasteiger partial charge in [-0.05, 0) is 49.2 Å². The molecule has 0 aliphatic heterocycles. The van der Waals surface area contributed by atoms with E-state index in [0.717, 1.165) is 22.2 Å². The van der Waals surface area contributed by atoms with Gasteiger partial charge in [-0.25, -0.2) is 4.98 Å². The fourth-order valence-corrected chi connectivity index (χ4v) is 3.12. The fraction of sp³-hybridized carbons (Fsp3) is 0.318. The maximum absolute atomic E-state index is 13.0. The van der Waals surface area contributed by atoms with Crippen molar-refractivity contribution in [2.24, 2.45) is 5.10 Å². The van der Waals surface area contributed by atoms with Crippen molar-refractivity contribution in [3.05, 3.63) is 68.7 Å². The van der Waals surface area contributed by atoms with Crippen molar-refractivity contribution in [3.63, 3.8) is 0 Å². The molecule has 2 aromatic carbocycles. The van der Waals surface area contributed by atoms with Gasteiger partial charge in [-0.15, -0.1) is 0 Å². The number of ether oxygens (including phenoxy) is 1. The molecular weight excluding hydrogens is 418 g/mol. The highest BCUT2D eigenvalue weighted by Crippen LogP contribution is 2.19. The van der Waals surface area contributed by atoms with Gasteiger partial charge in [0.1, 0.15) is 11.6 Å². The molecule has 0 spiro atoms. The van der Waals surface area contributed by atoms with Crippen LogP contribution in [-0.2, 0) is 0 Å². The smallest absolute Gasteiger partial charge is 0.282 e. The van der Waals surface area contributed by atoms with E-state index in [4.69, 9.17) is 4.74 Å². The van der Waals surface area contributed by atoms with Crippen LogP contribution in [0.3, 0.4) is 0 Å². The van der Waals surface area contributed by atoms with Gasteiger partial charge < -0.3 is 4.74 Å². The first kappa shape index (κ1) is 20.3. The molecule has 0 saturated heterocycles. The van der Waals surface area contributed by atoms with Gasteiger partial charge in [0.15, 0.2) is 0 Å². The van der Waals surface area contributed by atoms with E-state index in [1.54, 1.807) is 12.3 Å². The monoisotopic (exact) mass is 441 g/mol. The molecule has 3 rings (SSSR count). The zero-order valence-electron chi connectivity index (χ0n) is 16.5. The van der Waals surface area contributed by atoms with Crippen LogP contribution in [0.15, 0.2) is 56.8 Å². The van der Waals surface area contributed by atoms with Crippen LogP contribution in [0.5, 0.6) is 5.75 Å². The Bertz CT molecular complexity index is 1070. The maximum Gasteiger partial charge on any atom is 0.282 e. The number of halogens is 1. The van der Waals surface area contributed by atoms with Crippen molar-refractivity contribution >= 4 is 33.0 Å². The lowest BCUT2D eigenvalue weighted by molar-refractivity contribution is 0.217. The molecular formula is C22H24BrN3O2. The second-order valence-electron chi connectivity index (χ2n) is 7.06. The molecule has 3 aromatic rings. The number of nitrogens with zero attached hydrogens (tertiary/aromatic N) is 3. The lowest BCUT2D eigenvalue weighted by atomic mass is 10.2. The Morgan fingerprint density at radius 1 is 1.21 bits per heavy atom. The van der Waals surface area contributed by atoms with Crippen LogP contribution in [0, 0.1) is 0 Å². The van der Waals surface area contributed by atoms with Gasteiger partial charge in [0.25, 0.3) is 5.56 Å². The molecule has 0 aliphatic carbocycles. The van der Waals surface area contributed by atoms with Gasteiger partial charge >= 0.3 is 0 Å². The molecule has 146 valence electrons. The average Bonchev–Trinajstić information content (AvgIpc) is 2.67. The molecule has 0 radical (unpaired) electrons. The van der Waals surface area contributed by atoms with E-state index in [9.17, 15) is 4.79 Å². The highest BCUT2D eigenvalue weighted by atomic mass is 79.9. The minimum Gasteiger partial charge on any atom is -0.491 e. The molecule has 0 fully saturated rings. The molecule has 0 aliphatic rings. The van der Waals surface area contributed by atoms with Gasteiger partial charge in [-0.2, -0.15) is 9.78 Å². The van der Waals surface area contributed by atoms with E-state index in [0.29, 0.717) is 16.7 Å². The fourth-order valence-electron chi connectivity index (χ4n) is 2.76. The largest absolute Gasteiger partial charge is 0.491 e. The third-order valence-corrected chi connectivity index (χ3v) is 4.94. The van der Waals surface area contributed by atoms with Crippen molar-refractivity contribution in [3.8, 4) is 5.75 Å². The van der Waals surface area contributed by atoms with E-state index in [1.165, 1.54) is 4.68 Å². The Hall–Kier alpha value is -2.47. The topological polar surface area (TPSA) is 56.5 Å². The van der Waals surface area contributed by atoms with Gasteiger partial charge in [-0.1, -0.05) is 48.8 Å². The van der Waals surface area contributed by atoms with Crippen LogP contribution in [0.4, 0.5) is 0 Å². The summed E-state index contributed by atoms with van der Waals surface area (Å²) >= 11 is 3.42. The van der Waals surface area contributed by atoms with Gasteiger partial charge in [0.2, 0.25) is 0 Å². The zero-order valence-corrected chi connectivity index (χ0v) is 18.1. The van der Waals surface area contributed by atoms with E-state index in [1.807, 2.05) is 57.2 Å². The predicted octanol–water partition coefficient (Wildman–Crippen LogP) is 5.34. The van der Waals surface area contributed by atoms with Gasteiger partial charge in [-0.3, -0.25) is 4.79 Å². The lowest BCUT2D eigenvalue weighted by Crippen LogP contribution is -2.23. The molecule has 1 atom stereocenters. The third-order valence-electron chi connectivity index (χ3n) is 4.44. The predicted molar refractivity (Wildman–Crippen MR) is 118 cm³/mol. The number of aromatic nitrogens is 2. The summed E-state index contributed by atoms with van der Waals surface area (Å²) in [5, 5.41) is 5.00. The summed E-state index contributed by atoms with van der Waals surface area (Å²) in [5.41, 5.74) is 1.35. The number of benzene rings is 2. The lowest BCUT2D eigenvalue weighted by Gasteiger charge is -2.13. The second kappa shape index (κ2) is 8.69. The first-order valence-corrected chi connectivity index (χ1v) is 10.2. The third kappa shape index (κ3) is 4.50. The van der Waals surface area contributed by atoms with E-state index in [2.05, 4.69) is 32.9 Å². The summed E-state index contributed by atoms with van der Waals surface area (Å²) in [5.74, 6) is 1.47. The number of fused-ring (bicyclic) bond motifs is 1. The maximum atomic E-state index is 13.0. The standard InChI is InChI=1S/C22H24BrN3O2/c1-5-15(4)28-18-8-6-7-16(11-18)13-24-26-21(14(2)3)25-20-10-9-17(23)12-19(20)22(26)27/h6-15H,5H2,1-4H3/t15-/m1/s1. The van der Waals surface area contributed by atoms with Crippen molar-refractivity contribution in [2.75, 3.05) is 0 Å². The highest BCUT2D eigenvalue weighted by Gasteiger charge is 2.13. The molecule has 0 saturated carbocycles. The van der Waals surface area contributed by atoms with Crippen molar-refractivity contribution < 1.29 is 4.74 Å². The van der Waals surface area contributed by atoms with E-state index >= 15 is 0 Å². The first-order valence-electron chi connectivity index (χ1n) is 9.42. The summed E-state index contributed by atoms with van der Waals surface area (Å²) < 4.78 is 8.09. The molecule has 1 aromatic heterocycles. The van der Waals surface area contributed by atoms with E-state index in [-0.39, 0.29) is 17.6 Å². The number of hydrogen-bond donors (Lipinski definition) is 0. The van der Waals surface area contributed by atoms with Crippen molar-refractivity contribution in [1.29, 1.82) is 0 Å². The number of rotatable bonds is 6. The van der Waals surface area contributed by atoms with Gasteiger partial charge in [0, 0.05) is 10.4 Å². The quantitative estimate of drug-likeness (QED) is 0.484. The highest BCUT2D eigenvalue weighted by molar-refractivity contribution is 9.10. The summed E-state index contributed by atoms with van der Waals surface area (Å²) in [6, 6.07) is 13.2. The first-order chi connectivity index (χ1) is 13.4. The number of hydrogen-bond acceptors (Lipinski definition) is 4. The van der Waals surface area contributed by atoms with Crippen LogP contribution < -0.4 is 10.3 Å². The van der Waals surface area contributed by atoms with Crippen LogP contribution in [0.25, 0.3) is 10.9 Å². The van der Waals surface area contributed by atoms with Crippen molar-refractivity contribution in [1.82, 2.24) is 9.66 Å². The van der Waals surface area contributed by atoms with Gasteiger partial charge in [0.05, 0.1) is 23.2 Å². The van der Waals surface area contributed by atoms with Crippen LogP contribution in [0.2, 0.25) is 0 Å². The Kier molecular flexibility index (Phi) is 6.29. The molecule has 28 heavy (non-hydrogen) atoms. The normalized spacial score (nSPS) is 12.8. The molecule has 5 nitrogen and oxygen atoms in total. The molecule has 0 N–H and O–H groups in total. The Labute approximate surface area is 173 Å². The van der Waals surface area contributed by atoms with Crippen LogP contribution >= 0.6 is 15.9 Å². The zero-order chi connectivity index (χ0) is 20.3. The molecule has 1 heterocycles. The Morgan fingerprint density at radius 2 is 2.00 bits per heavy atom. The Morgan fingerprint density at radius 3 is 2.71 bits per heavy atom. The summed E-state index contributed by atoms with van der Waals surface area (Å²) in [6.07, 6.45) is 2.75. The van der Waals surface area contributed by atoms with Crippen molar-refractivity contribution in [2.45, 2.75) is 46.1 Å². The van der Waals surface area contributed by atoms with Crippen LogP contribution in [-0.4, -0.2) is 22.0 Å². The second-order valence-corrected chi connectivity index (χ2v) is 7.97. The molecule has 0 amide bonds. The Balaban J connectivity index is 2.04. The molecule has 6 heteroatoms. The molecule has 0 bridgehead atoms. The SMILES string of the molecule is CC[C@@H](C)Oc1cccc(C=Nn2c(C(C)C)nc3ccc(Br)cc3c2=O)c1. The summed E-state index contributed by atoms with van der Waals surface area (Å²) in [7, 11) is 0. The summed E-state index contributed by atoms with van der Waals surface area (Å²) in [6.45, 7) is 8.12. The molecule has 0 unspecified atom stereocenters. The van der Waals surface area contributed by atoms with E-state index < -0.39 is 0 Å². The summed E-state index contributed by atoms with van der Waals surface area (Å²) in [4.78, 5) is 17.7.